The number of amides is 1. The van der Waals surface area contributed by atoms with E-state index < -0.39 is 5.97 Å². The van der Waals surface area contributed by atoms with Gasteiger partial charge in [0.2, 0.25) is 5.91 Å². The molecule has 1 unspecified atom stereocenters. The number of hydrogen-bond acceptors (Lipinski definition) is 4. The molecule has 0 saturated carbocycles. The van der Waals surface area contributed by atoms with Crippen molar-refractivity contribution in [2.75, 3.05) is 24.7 Å². The molecular formula is C11H18N2O3S. The first-order valence-corrected chi connectivity index (χ1v) is 7.14. The van der Waals surface area contributed by atoms with Crippen molar-refractivity contribution < 1.29 is 14.7 Å². The van der Waals surface area contributed by atoms with Crippen LogP contribution < -0.4 is 5.32 Å². The Kier molecular flexibility index (Phi) is 4.28. The van der Waals surface area contributed by atoms with Crippen molar-refractivity contribution in [1.82, 2.24) is 10.2 Å². The molecule has 96 valence electrons. The molecule has 0 aromatic heterocycles. The number of carboxylic acids is 1. The van der Waals surface area contributed by atoms with Crippen molar-refractivity contribution in [2.24, 2.45) is 5.92 Å². The van der Waals surface area contributed by atoms with Gasteiger partial charge in [-0.05, 0) is 18.8 Å². The van der Waals surface area contributed by atoms with E-state index in [0.717, 1.165) is 24.5 Å². The van der Waals surface area contributed by atoms with Crippen molar-refractivity contribution in [3.8, 4) is 0 Å². The predicted molar refractivity (Wildman–Crippen MR) is 65.8 cm³/mol. The van der Waals surface area contributed by atoms with Crippen molar-refractivity contribution in [1.29, 1.82) is 0 Å². The van der Waals surface area contributed by atoms with Crippen LogP contribution in [0.1, 0.15) is 19.3 Å². The minimum Gasteiger partial charge on any atom is -0.481 e. The Bertz CT molecular complexity index is 297. The SMILES string of the molecule is O=C(O)CC1CCN(C(=O)C2CSCN2)CC1. The first-order valence-electron chi connectivity index (χ1n) is 5.98. The van der Waals surface area contributed by atoms with Crippen LogP contribution in [0.5, 0.6) is 0 Å². The van der Waals surface area contributed by atoms with Gasteiger partial charge in [0, 0.05) is 31.1 Å². The molecule has 1 atom stereocenters. The van der Waals surface area contributed by atoms with Crippen molar-refractivity contribution >= 4 is 23.6 Å². The van der Waals surface area contributed by atoms with Crippen molar-refractivity contribution in [2.45, 2.75) is 25.3 Å². The molecule has 2 aliphatic rings. The van der Waals surface area contributed by atoms with Gasteiger partial charge in [0.25, 0.3) is 0 Å². The first kappa shape index (κ1) is 12.7. The van der Waals surface area contributed by atoms with E-state index in [1.807, 2.05) is 4.90 Å². The first-order chi connectivity index (χ1) is 8.16. The number of piperidine rings is 1. The van der Waals surface area contributed by atoms with E-state index in [1.165, 1.54) is 0 Å². The molecule has 2 fully saturated rings. The van der Waals surface area contributed by atoms with Crippen LogP contribution in [0.25, 0.3) is 0 Å². The van der Waals surface area contributed by atoms with Gasteiger partial charge < -0.3 is 10.0 Å². The molecule has 0 bridgehead atoms. The zero-order chi connectivity index (χ0) is 12.3. The predicted octanol–water partition coefficient (Wildman–Crippen LogP) is 0.362. The molecule has 2 rings (SSSR count). The van der Waals surface area contributed by atoms with Crippen LogP contribution in [-0.2, 0) is 9.59 Å². The molecule has 5 nitrogen and oxygen atoms in total. The maximum atomic E-state index is 12.1. The highest BCUT2D eigenvalue weighted by Gasteiger charge is 2.30. The fourth-order valence-corrected chi connectivity index (χ4v) is 3.31. The van der Waals surface area contributed by atoms with Crippen molar-refractivity contribution in [3.05, 3.63) is 0 Å². The van der Waals surface area contributed by atoms with Crippen LogP contribution in [0.4, 0.5) is 0 Å². The highest BCUT2D eigenvalue weighted by atomic mass is 32.2. The highest BCUT2D eigenvalue weighted by molar-refractivity contribution is 7.99. The van der Waals surface area contributed by atoms with Gasteiger partial charge in [-0.1, -0.05) is 0 Å². The third kappa shape index (κ3) is 3.35. The van der Waals surface area contributed by atoms with Crippen molar-refractivity contribution in [3.63, 3.8) is 0 Å². The number of thioether (sulfide) groups is 1. The minimum atomic E-state index is -0.733. The molecule has 0 radical (unpaired) electrons. The Morgan fingerprint density at radius 3 is 2.59 bits per heavy atom. The lowest BCUT2D eigenvalue weighted by atomic mass is 9.93. The standard InChI is InChI=1S/C11H18N2O3S/c14-10(15)5-8-1-3-13(4-2-8)11(16)9-6-17-7-12-9/h8-9,12H,1-7H2,(H,14,15). The zero-order valence-electron chi connectivity index (χ0n) is 9.72. The Labute approximate surface area is 105 Å². The molecule has 2 saturated heterocycles. The zero-order valence-corrected chi connectivity index (χ0v) is 10.5. The summed E-state index contributed by atoms with van der Waals surface area (Å²) in [5.41, 5.74) is 0. The van der Waals surface area contributed by atoms with E-state index in [0.29, 0.717) is 13.1 Å². The summed E-state index contributed by atoms with van der Waals surface area (Å²) < 4.78 is 0. The average molecular weight is 258 g/mol. The maximum Gasteiger partial charge on any atom is 0.303 e. The lowest BCUT2D eigenvalue weighted by molar-refractivity contribution is -0.138. The van der Waals surface area contributed by atoms with Gasteiger partial charge in [0.15, 0.2) is 0 Å². The molecule has 0 aromatic carbocycles. The van der Waals surface area contributed by atoms with Gasteiger partial charge in [-0.15, -0.1) is 11.8 Å². The van der Waals surface area contributed by atoms with Gasteiger partial charge in [0.1, 0.15) is 0 Å². The molecular weight excluding hydrogens is 240 g/mol. The summed E-state index contributed by atoms with van der Waals surface area (Å²) in [5.74, 6) is 1.40. The molecule has 2 aliphatic heterocycles. The highest BCUT2D eigenvalue weighted by Crippen LogP contribution is 2.22. The van der Waals surface area contributed by atoms with Gasteiger partial charge in [-0.3, -0.25) is 14.9 Å². The third-order valence-corrected chi connectivity index (χ3v) is 4.34. The summed E-state index contributed by atoms with van der Waals surface area (Å²) in [6, 6.07) is -0.0315. The van der Waals surface area contributed by atoms with Crippen LogP contribution in [0.15, 0.2) is 0 Å². The lowest BCUT2D eigenvalue weighted by Gasteiger charge is -2.32. The van der Waals surface area contributed by atoms with Crippen LogP contribution in [-0.4, -0.2) is 52.6 Å². The van der Waals surface area contributed by atoms with Crippen LogP contribution in [0.2, 0.25) is 0 Å². The lowest BCUT2D eigenvalue weighted by Crippen LogP contribution is -2.48. The smallest absolute Gasteiger partial charge is 0.303 e. The molecule has 17 heavy (non-hydrogen) atoms. The Morgan fingerprint density at radius 2 is 2.06 bits per heavy atom. The molecule has 0 aliphatic carbocycles. The van der Waals surface area contributed by atoms with Crippen LogP contribution in [0, 0.1) is 5.92 Å². The maximum absolute atomic E-state index is 12.1. The summed E-state index contributed by atoms with van der Waals surface area (Å²) in [7, 11) is 0. The van der Waals surface area contributed by atoms with E-state index in [4.69, 9.17) is 5.11 Å². The quantitative estimate of drug-likeness (QED) is 0.765. The fourth-order valence-electron chi connectivity index (χ4n) is 2.38. The van der Waals surface area contributed by atoms with Crippen LogP contribution in [0.3, 0.4) is 0 Å². The molecule has 1 amide bonds. The average Bonchev–Trinajstić information content (AvgIpc) is 2.82. The second-order valence-corrected chi connectivity index (χ2v) is 5.67. The Morgan fingerprint density at radius 1 is 1.35 bits per heavy atom. The number of carboxylic acid groups (broad SMARTS) is 1. The Balaban J connectivity index is 1.78. The van der Waals surface area contributed by atoms with Gasteiger partial charge in [0.05, 0.1) is 6.04 Å². The fraction of sp³-hybridized carbons (Fsp3) is 0.818. The van der Waals surface area contributed by atoms with Gasteiger partial charge in [-0.2, -0.15) is 0 Å². The summed E-state index contributed by atoms with van der Waals surface area (Å²) >= 11 is 1.75. The number of carbonyl (C=O) groups is 2. The summed E-state index contributed by atoms with van der Waals surface area (Å²) in [6.07, 6.45) is 1.87. The topological polar surface area (TPSA) is 69.6 Å². The van der Waals surface area contributed by atoms with E-state index in [1.54, 1.807) is 11.8 Å². The molecule has 6 heteroatoms. The number of hydrogen-bond donors (Lipinski definition) is 2. The monoisotopic (exact) mass is 258 g/mol. The normalized spacial score (nSPS) is 26.1. The molecule has 0 aromatic rings. The third-order valence-electron chi connectivity index (χ3n) is 3.40. The number of nitrogens with one attached hydrogen (secondary N) is 1. The summed E-state index contributed by atoms with van der Waals surface area (Å²) in [6.45, 7) is 1.42. The number of aliphatic carboxylic acids is 1. The second kappa shape index (κ2) is 5.73. The Hall–Kier alpha value is -0.750. The molecule has 2 heterocycles. The largest absolute Gasteiger partial charge is 0.481 e. The second-order valence-electron chi connectivity index (χ2n) is 4.64. The summed E-state index contributed by atoms with van der Waals surface area (Å²) in [5, 5.41) is 11.9. The van der Waals surface area contributed by atoms with Gasteiger partial charge in [-0.25, -0.2) is 0 Å². The minimum absolute atomic E-state index is 0.0315. The van der Waals surface area contributed by atoms with E-state index in [9.17, 15) is 9.59 Å². The number of rotatable bonds is 3. The van der Waals surface area contributed by atoms with Gasteiger partial charge >= 0.3 is 5.97 Å². The van der Waals surface area contributed by atoms with E-state index in [2.05, 4.69) is 5.32 Å². The number of nitrogens with zero attached hydrogens (tertiary/aromatic N) is 1. The summed E-state index contributed by atoms with van der Waals surface area (Å²) in [4.78, 5) is 24.5. The van der Waals surface area contributed by atoms with Crippen LogP contribution >= 0.6 is 11.8 Å². The van der Waals surface area contributed by atoms with E-state index in [-0.39, 0.29) is 24.3 Å². The number of likely N-dealkylation sites (tertiary alicyclic amines) is 1. The number of carbonyl (C=O) groups excluding carboxylic acids is 1. The molecule has 0 spiro atoms. The molecule has 2 N–H and O–H groups in total. The van der Waals surface area contributed by atoms with E-state index >= 15 is 0 Å².